The van der Waals surface area contributed by atoms with E-state index in [1.54, 1.807) is 31.3 Å². The van der Waals surface area contributed by atoms with Crippen LogP contribution in [0.4, 0.5) is 5.69 Å². The molecule has 11 nitrogen and oxygen atoms in total. The normalized spacial score (nSPS) is 12.2. The lowest BCUT2D eigenvalue weighted by molar-refractivity contribution is -0.126. The van der Waals surface area contributed by atoms with Crippen molar-refractivity contribution in [1.82, 2.24) is 16.0 Å². The highest BCUT2D eigenvalue weighted by molar-refractivity contribution is 8.00. The number of hydrogen-bond acceptors (Lipinski definition) is 8. The second-order valence-electron chi connectivity index (χ2n) is 7.30. The maximum atomic E-state index is 12.1. The smallest absolute Gasteiger partial charge is 0.295 e. The number of carbonyl (C=O) groups is 3. The van der Waals surface area contributed by atoms with Gasteiger partial charge in [-0.3, -0.25) is 18.9 Å². The van der Waals surface area contributed by atoms with Crippen molar-refractivity contribution in [2.45, 2.75) is 17.4 Å². The summed E-state index contributed by atoms with van der Waals surface area (Å²) in [4.78, 5) is 35.2. The molecule has 34 heavy (non-hydrogen) atoms. The van der Waals surface area contributed by atoms with Crippen LogP contribution < -0.4 is 27.0 Å². The van der Waals surface area contributed by atoms with Gasteiger partial charge >= 0.3 is 0 Å². The second-order valence-corrected chi connectivity index (χ2v) is 9.72. The quantitative estimate of drug-likeness (QED) is 0.149. The van der Waals surface area contributed by atoms with Crippen molar-refractivity contribution in [3.63, 3.8) is 0 Å². The highest BCUT2D eigenvalue weighted by Gasteiger charge is 2.18. The van der Waals surface area contributed by atoms with Crippen LogP contribution in [0.15, 0.2) is 41.3 Å². The van der Waals surface area contributed by atoms with Crippen LogP contribution >= 0.6 is 11.8 Å². The lowest BCUT2D eigenvalue weighted by Crippen LogP contribution is -2.46. The Labute approximate surface area is 202 Å². The molecule has 3 amide bonds. The number of benzene rings is 2. The second kappa shape index (κ2) is 13.1. The van der Waals surface area contributed by atoms with Gasteiger partial charge in [-0.05, 0) is 19.2 Å². The first-order valence-corrected chi connectivity index (χ1v) is 13.0. The maximum absolute atomic E-state index is 12.1. The molecule has 7 N–H and O–H groups in total. The summed E-state index contributed by atoms with van der Waals surface area (Å²) in [6.07, 6.45) is 0.215. The van der Waals surface area contributed by atoms with Gasteiger partial charge in [0.25, 0.3) is 10.1 Å². The van der Waals surface area contributed by atoms with Crippen LogP contribution in [0.2, 0.25) is 0 Å². The topological polar surface area (TPSA) is 180 Å². The minimum Gasteiger partial charge on any atom is -0.383 e. The Kier molecular flexibility index (Phi) is 10.6. The van der Waals surface area contributed by atoms with Crippen molar-refractivity contribution < 1.29 is 27.4 Å². The third-order valence-electron chi connectivity index (χ3n) is 4.72. The average molecular weight is 512 g/mol. The van der Waals surface area contributed by atoms with Crippen LogP contribution in [0.25, 0.3) is 10.8 Å². The Hall–Kier alpha value is -2.87. The number of rotatable bonds is 14. The molecule has 0 spiro atoms. The molecule has 2 rings (SSSR count). The maximum Gasteiger partial charge on any atom is 0.295 e. The summed E-state index contributed by atoms with van der Waals surface area (Å²) in [6.45, 7) is 1.15. The van der Waals surface area contributed by atoms with Crippen molar-refractivity contribution in [3.05, 3.63) is 36.4 Å². The molecule has 0 unspecified atom stereocenters. The van der Waals surface area contributed by atoms with E-state index >= 15 is 0 Å². The summed E-state index contributed by atoms with van der Waals surface area (Å²) >= 11 is 1.18. The molecular weight excluding hydrogens is 482 g/mol. The van der Waals surface area contributed by atoms with Gasteiger partial charge in [0.1, 0.15) is 10.9 Å². The number of amides is 3. The van der Waals surface area contributed by atoms with Gasteiger partial charge in [-0.2, -0.15) is 8.42 Å². The number of nitrogens with one attached hydrogen (secondary N) is 4. The van der Waals surface area contributed by atoms with Gasteiger partial charge in [0.05, 0.1) is 5.75 Å². The fourth-order valence-electron chi connectivity index (χ4n) is 3.08. The number of anilines is 1. The molecule has 1 atom stereocenters. The number of carbonyl (C=O) groups excluding carboxylic acids is 3. The van der Waals surface area contributed by atoms with E-state index in [0.29, 0.717) is 36.1 Å². The van der Waals surface area contributed by atoms with Crippen LogP contribution in [0.3, 0.4) is 0 Å². The fraction of sp³-hybridized carbons (Fsp3) is 0.381. The third kappa shape index (κ3) is 8.48. The number of fused-ring (bicyclic) bond motifs is 1. The first-order valence-electron chi connectivity index (χ1n) is 10.4. The molecule has 2 aromatic carbocycles. The van der Waals surface area contributed by atoms with Gasteiger partial charge in [-0.1, -0.05) is 24.3 Å². The minimum atomic E-state index is -4.36. The standard InChI is InChI=1S/C21H29N5O6S2/c1-23-9-8-19(27)26-17(21(22)29)12-33-13-20(28)25-11-10-24-16-6-2-5-15-14(16)4-3-7-18(15)34(30,31)32/h2-7,17,23-24H,8-13H2,1H3,(H2,22,29)(H,25,28)(H,26,27)(H,30,31,32)/t17-/m0/s1. The number of hydrogen-bond donors (Lipinski definition) is 6. The van der Waals surface area contributed by atoms with Gasteiger partial charge in [0.2, 0.25) is 17.7 Å². The molecule has 0 aromatic heterocycles. The Balaban J connectivity index is 1.79. The summed E-state index contributed by atoms with van der Waals surface area (Å²) in [6, 6.07) is 8.78. The van der Waals surface area contributed by atoms with Crippen molar-refractivity contribution in [2.24, 2.45) is 5.73 Å². The fourth-order valence-corrected chi connectivity index (χ4v) is 4.67. The van der Waals surface area contributed by atoms with Crippen LogP contribution in [-0.2, 0) is 24.5 Å². The molecule has 0 bridgehead atoms. The van der Waals surface area contributed by atoms with Crippen molar-refractivity contribution in [3.8, 4) is 0 Å². The van der Waals surface area contributed by atoms with E-state index in [-0.39, 0.29) is 34.6 Å². The molecule has 0 aliphatic heterocycles. The zero-order chi connectivity index (χ0) is 25.1. The first-order chi connectivity index (χ1) is 16.1. The number of thioether (sulfide) groups is 1. The van der Waals surface area contributed by atoms with Crippen LogP contribution in [0, 0.1) is 0 Å². The lowest BCUT2D eigenvalue weighted by atomic mass is 10.1. The summed E-state index contributed by atoms with van der Waals surface area (Å²) in [5.74, 6) is -0.947. The lowest BCUT2D eigenvalue weighted by Gasteiger charge is -2.15. The number of primary amides is 1. The molecule has 0 heterocycles. The molecule has 0 aliphatic carbocycles. The van der Waals surface area contributed by atoms with E-state index in [2.05, 4.69) is 21.3 Å². The number of nitrogens with two attached hydrogens (primary N) is 1. The SMILES string of the molecule is CNCCC(=O)N[C@@H](CSCC(=O)NCCNc1cccc2c(S(=O)(=O)O)cccc12)C(N)=O. The van der Waals surface area contributed by atoms with Crippen LogP contribution in [0.5, 0.6) is 0 Å². The van der Waals surface area contributed by atoms with E-state index in [9.17, 15) is 27.4 Å². The molecule has 186 valence electrons. The Bertz CT molecular complexity index is 1130. The summed E-state index contributed by atoms with van der Waals surface area (Å²) in [5, 5.41) is 12.3. The molecule has 0 saturated heterocycles. The van der Waals surface area contributed by atoms with Gasteiger partial charge in [0.15, 0.2) is 0 Å². The monoisotopic (exact) mass is 511 g/mol. The zero-order valence-corrected chi connectivity index (χ0v) is 20.3. The molecule has 0 fully saturated rings. The Morgan fingerprint density at radius 1 is 1.03 bits per heavy atom. The molecule has 0 radical (unpaired) electrons. The van der Waals surface area contributed by atoms with Crippen LogP contribution in [-0.4, -0.2) is 74.9 Å². The molecule has 0 aliphatic rings. The van der Waals surface area contributed by atoms with E-state index in [0.717, 1.165) is 0 Å². The van der Waals surface area contributed by atoms with Crippen molar-refractivity contribution in [1.29, 1.82) is 0 Å². The summed E-state index contributed by atoms with van der Waals surface area (Å²) in [7, 11) is -2.64. The van der Waals surface area contributed by atoms with E-state index < -0.39 is 22.1 Å². The van der Waals surface area contributed by atoms with Crippen molar-refractivity contribution >= 4 is 56.1 Å². The predicted molar refractivity (Wildman–Crippen MR) is 132 cm³/mol. The van der Waals surface area contributed by atoms with Crippen LogP contribution in [0.1, 0.15) is 6.42 Å². The minimum absolute atomic E-state index is 0.0855. The average Bonchev–Trinajstić information content (AvgIpc) is 2.78. The molecule has 13 heteroatoms. The van der Waals surface area contributed by atoms with E-state index in [1.807, 2.05) is 0 Å². The zero-order valence-electron chi connectivity index (χ0n) is 18.7. The van der Waals surface area contributed by atoms with E-state index in [4.69, 9.17) is 5.73 Å². The van der Waals surface area contributed by atoms with Crippen molar-refractivity contribution in [2.75, 3.05) is 43.5 Å². The van der Waals surface area contributed by atoms with Gasteiger partial charge in [0, 0.05) is 48.3 Å². The van der Waals surface area contributed by atoms with Gasteiger partial charge in [-0.25, -0.2) is 0 Å². The molecular formula is C21H29N5O6S2. The first kappa shape index (κ1) is 27.4. The third-order valence-corrected chi connectivity index (χ3v) is 6.67. The van der Waals surface area contributed by atoms with E-state index in [1.165, 1.54) is 23.9 Å². The Morgan fingerprint density at radius 3 is 2.41 bits per heavy atom. The highest BCUT2D eigenvalue weighted by atomic mass is 32.2. The molecule has 0 saturated carbocycles. The molecule has 2 aromatic rings. The largest absolute Gasteiger partial charge is 0.383 e. The summed E-state index contributed by atoms with van der Waals surface area (Å²) < 4.78 is 32.6. The van der Waals surface area contributed by atoms with Gasteiger partial charge < -0.3 is 27.0 Å². The van der Waals surface area contributed by atoms with Gasteiger partial charge in [-0.15, -0.1) is 11.8 Å². The predicted octanol–water partition coefficient (Wildman–Crippen LogP) is -0.0726. The highest BCUT2D eigenvalue weighted by Crippen LogP contribution is 2.28. The Morgan fingerprint density at radius 2 is 1.74 bits per heavy atom. The summed E-state index contributed by atoms with van der Waals surface area (Å²) in [5.41, 5.74) is 5.98.